The first kappa shape index (κ1) is 15.7. The largest absolute Gasteiger partial charge is 0.399 e. The molecule has 0 bridgehead atoms. The number of rotatable bonds is 2. The van der Waals surface area contributed by atoms with Crippen molar-refractivity contribution in [1.29, 1.82) is 0 Å². The molecule has 1 atom stereocenters. The van der Waals surface area contributed by atoms with Crippen molar-refractivity contribution in [1.82, 2.24) is 5.32 Å². The van der Waals surface area contributed by atoms with Crippen LogP contribution in [0.15, 0.2) is 36.4 Å². The van der Waals surface area contributed by atoms with Crippen LogP contribution in [-0.2, 0) is 0 Å². The SMILES string of the molecule is Cc1cc(C2CNCCCN2c2ccc(N)c(C)c2)ccc1N. The number of nitrogen functional groups attached to an aromatic ring is 2. The predicted molar refractivity (Wildman–Crippen MR) is 98.8 cm³/mol. The zero-order valence-corrected chi connectivity index (χ0v) is 14.0. The van der Waals surface area contributed by atoms with E-state index in [1.54, 1.807) is 0 Å². The molecule has 23 heavy (non-hydrogen) atoms. The minimum absolute atomic E-state index is 0.305. The molecule has 0 saturated carbocycles. The maximum absolute atomic E-state index is 5.99. The number of aryl methyl sites for hydroxylation is 2. The summed E-state index contributed by atoms with van der Waals surface area (Å²) in [6, 6.07) is 13.0. The van der Waals surface area contributed by atoms with Crippen molar-refractivity contribution in [3.8, 4) is 0 Å². The summed E-state index contributed by atoms with van der Waals surface area (Å²) in [5.74, 6) is 0. The Balaban J connectivity index is 1.99. The van der Waals surface area contributed by atoms with Gasteiger partial charge < -0.3 is 21.7 Å². The predicted octanol–water partition coefficient (Wildman–Crippen LogP) is 3.01. The average molecular weight is 310 g/mol. The van der Waals surface area contributed by atoms with Crippen LogP contribution in [-0.4, -0.2) is 19.6 Å². The van der Waals surface area contributed by atoms with Crippen LogP contribution in [0, 0.1) is 13.8 Å². The number of nitrogens with two attached hydrogens (primary N) is 2. The summed E-state index contributed by atoms with van der Waals surface area (Å²) in [5, 5.41) is 3.56. The van der Waals surface area contributed by atoms with Crippen molar-refractivity contribution < 1.29 is 0 Å². The zero-order valence-electron chi connectivity index (χ0n) is 14.0. The third-order valence-corrected chi connectivity index (χ3v) is 4.73. The lowest BCUT2D eigenvalue weighted by atomic mass is 10.0. The fraction of sp³-hybridized carbons (Fsp3) is 0.368. The molecule has 1 aliphatic rings. The minimum Gasteiger partial charge on any atom is -0.399 e. The summed E-state index contributed by atoms with van der Waals surface area (Å²) >= 11 is 0. The van der Waals surface area contributed by atoms with Crippen molar-refractivity contribution in [2.24, 2.45) is 0 Å². The third kappa shape index (κ3) is 3.27. The number of hydrogen-bond acceptors (Lipinski definition) is 4. The smallest absolute Gasteiger partial charge is 0.0667 e. The van der Waals surface area contributed by atoms with Crippen molar-refractivity contribution in [3.05, 3.63) is 53.1 Å². The van der Waals surface area contributed by atoms with Gasteiger partial charge in [0.1, 0.15) is 0 Å². The van der Waals surface area contributed by atoms with Gasteiger partial charge in [-0.3, -0.25) is 0 Å². The van der Waals surface area contributed by atoms with E-state index in [0.717, 1.165) is 48.6 Å². The summed E-state index contributed by atoms with van der Waals surface area (Å²) in [7, 11) is 0. The van der Waals surface area contributed by atoms with E-state index in [0.29, 0.717) is 6.04 Å². The lowest BCUT2D eigenvalue weighted by Gasteiger charge is -2.33. The molecule has 1 fully saturated rings. The van der Waals surface area contributed by atoms with Gasteiger partial charge in [-0.1, -0.05) is 12.1 Å². The number of benzene rings is 2. The van der Waals surface area contributed by atoms with E-state index in [-0.39, 0.29) is 0 Å². The van der Waals surface area contributed by atoms with Gasteiger partial charge in [0.15, 0.2) is 0 Å². The molecule has 3 rings (SSSR count). The van der Waals surface area contributed by atoms with Crippen molar-refractivity contribution in [2.75, 3.05) is 36.0 Å². The summed E-state index contributed by atoms with van der Waals surface area (Å²) < 4.78 is 0. The Morgan fingerprint density at radius 3 is 2.39 bits per heavy atom. The molecule has 122 valence electrons. The fourth-order valence-corrected chi connectivity index (χ4v) is 3.23. The molecule has 2 aromatic carbocycles. The lowest BCUT2D eigenvalue weighted by Crippen LogP contribution is -2.32. The van der Waals surface area contributed by atoms with E-state index in [1.165, 1.54) is 11.3 Å². The first-order valence-electron chi connectivity index (χ1n) is 8.26. The van der Waals surface area contributed by atoms with Gasteiger partial charge in [-0.05, 0) is 67.8 Å². The molecular formula is C19H26N4. The standard InChI is InChI=1S/C19H26N4/c1-13-10-15(4-6-17(13)20)19-12-22-8-3-9-23(19)16-5-7-18(21)14(2)11-16/h4-7,10-11,19,22H,3,8-9,12,20-21H2,1-2H3. The molecule has 2 aromatic rings. The van der Waals surface area contributed by atoms with Crippen LogP contribution < -0.4 is 21.7 Å². The van der Waals surface area contributed by atoms with Gasteiger partial charge in [-0.25, -0.2) is 0 Å². The first-order valence-corrected chi connectivity index (χ1v) is 8.26. The Hall–Kier alpha value is -2.20. The van der Waals surface area contributed by atoms with E-state index in [2.05, 4.69) is 48.3 Å². The molecule has 0 radical (unpaired) electrons. The van der Waals surface area contributed by atoms with Crippen LogP contribution in [0.25, 0.3) is 0 Å². The Bertz CT molecular complexity index is 636. The van der Waals surface area contributed by atoms with Crippen molar-refractivity contribution in [2.45, 2.75) is 26.3 Å². The van der Waals surface area contributed by atoms with Crippen LogP contribution in [0.4, 0.5) is 17.1 Å². The number of nitrogens with one attached hydrogen (secondary N) is 1. The van der Waals surface area contributed by atoms with Crippen LogP contribution in [0.1, 0.15) is 29.2 Å². The molecule has 1 aliphatic heterocycles. The molecule has 4 heteroatoms. The van der Waals surface area contributed by atoms with E-state index in [1.807, 2.05) is 12.1 Å². The zero-order chi connectivity index (χ0) is 16.4. The van der Waals surface area contributed by atoms with E-state index < -0.39 is 0 Å². The molecule has 0 aliphatic carbocycles. The monoisotopic (exact) mass is 310 g/mol. The summed E-state index contributed by atoms with van der Waals surface area (Å²) in [6.45, 7) is 7.16. The average Bonchev–Trinajstić information content (AvgIpc) is 2.78. The third-order valence-electron chi connectivity index (χ3n) is 4.73. The molecule has 0 aromatic heterocycles. The van der Waals surface area contributed by atoms with Crippen LogP contribution in [0.2, 0.25) is 0 Å². The van der Waals surface area contributed by atoms with E-state index in [4.69, 9.17) is 11.5 Å². The maximum atomic E-state index is 5.99. The number of anilines is 3. The highest BCUT2D eigenvalue weighted by molar-refractivity contribution is 5.59. The van der Waals surface area contributed by atoms with Gasteiger partial charge in [0.2, 0.25) is 0 Å². The van der Waals surface area contributed by atoms with Crippen molar-refractivity contribution in [3.63, 3.8) is 0 Å². The Morgan fingerprint density at radius 2 is 1.70 bits per heavy atom. The van der Waals surface area contributed by atoms with Gasteiger partial charge in [-0.2, -0.15) is 0 Å². The first-order chi connectivity index (χ1) is 11.1. The maximum Gasteiger partial charge on any atom is 0.0667 e. The molecule has 4 nitrogen and oxygen atoms in total. The second-order valence-electron chi connectivity index (χ2n) is 6.42. The molecule has 5 N–H and O–H groups in total. The highest BCUT2D eigenvalue weighted by Gasteiger charge is 2.23. The highest BCUT2D eigenvalue weighted by Crippen LogP contribution is 2.31. The van der Waals surface area contributed by atoms with Crippen LogP contribution in [0.3, 0.4) is 0 Å². The quantitative estimate of drug-likeness (QED) is 0.746. The highest BCUT2D eigenvalue weighted by atomic mass is 15.2. The van der Waals surface area contributed by atoms with Gasteiger partial charge in [0.05, 0.1) is 6.04 Å². The van der Waals surface area contributed by atoms with Gasteiger partial charge in [0, 0.05) is 30.2 Å². The molecule has 1 heterocycles. The molecule has 1 unspecified atom stereocenters. The second kappa shape index (κ2) is 6.50. The Morgan fingerprint density at radius 1 is 1.00 bits per heavy atom. The minimum atomic E-state index is 0.305. The Kier molecular flexibility index (Phi) is 4.44. The van der Waals surface area contributed by atoms with Gasteiger partial charge in [-0.15, -0.1) is 0 Å². The fourth-order valence-electron chi connectivity index (χ4n) is 3.23. The van der Waals surface area contributed by atoms with Gasteiger partial charge in [0.25, 0.3) is 0 Å². The molecular weight excluding hydrogens is 284 g/mol. The normalized spacial score (nSPS) is 18.7. The van der Waals surface area contributed by atoms with Crippen LogP contribution in [0.5, 0.6) is 0 Å². The summed E-state index contributed by atoms with van der Waals surface area (Å²) in [6.07, 6.45) is 1.13. The topological polar surface area (TPSA) is 67.3 Å². The molecule has 1 saturated heterocycles. The summed E-state index contributed by atoms with van der Waals surface area (Å²) in [4.78, 5) is 2.48. The van der Waals surface area contributed by atoms with Gasteiger partial charge >= 0.3 is 0 Å². The number of hydrogen-bond donors (Lipinski definition) is 3. The Labute approximate surface area is 138 Å². The van der Waals surface area contributed by atoms with E-state index in [9.17, 15) is 0 Å². The van der Waals surface area contributed by atoms with E-state index >= 15 is 0 Å². The lowest BCUT2D eigenvalue weighted by molar-refractivity contribution is 0.617. The second-order valence-corrected chi connectivity index (χ2v) is 6.42. The number of nitrogens with zero attached hydrogens (tertiary/aromatic N) is 1. The van der Waals surface area contributed by atoms with Crippen molar-refractivity contribution >= 4 is 17.1 Å². The molecule has 0 amide bonds. The van der Waals surface area contributed by atoms with Crippen LogP contribution >= 0.6 is 0 Å². The molecule has 0 spiro atoms. The summed E-state index contributed by atoms with van der Waals surface area (Å²) in [5.41, 5.74) is 18.5.